The second-order valence-corrected chi connectivity index (χ2v) is 3.36. The highest BCUT2D eigenvalue weighted by Gasteiger charge is 2.12. The molecular formula is C10H23BO. The lowest BCUT2D eigenvalue weighted by atomic mass is 9.59. The first kappa shape index (κ1) is 12.0. The van der Waals surface area contributed by atoms with E-state index in [2.05, 4.69) is 20.8 Å². The summed E-state index contributed by atoms with van der Waals surface area (Å²) in [5.74, 6) is 0. The molecule has 0 saturated carbocycles. The summed E-state index contributed by atoms with van der Waals surface area (Å²) in [7, 11) is 0. The monoisotopic (exact) mass is 170 g/mol. The summed E-state index contributed by atoms with van der Waals surface area (Å²) < 4.78 is 5.65. The van der Waals surface area contributed by atoms with Gasteiger partial charge < -0.3 is 4.65 Å². The molecule has 0 fully saturated rings. The van der Waals surface area contributed by atoms with Crippen LogP contribution in [-0.2, 0) is 4.65 Å². The Balaban J connectivity index is 3.40. The van der Waals surface area contributed by atoms with Crippen LogP contribution in [0.1, 0.15) is 46.5 Å². The van der Waals surface area contributed by atoms with Crippen molar-refractivity contribution in [3.05, 3.63) is 0 Å². The van der Waals surface area contributed by atoms with Crippen molar-refractivity contribution in [3.8, 4) is 0 Å². The van der Waals surface area contributed by atoms with Gasteiger partial charge in [-0.15, -0.1) is 0 Å². The summed E-state index contributed by atoms with van der Waals surface area (Å²) in [4.78, 5) is 0. The molecule has 2 heteroatoms. The van der Waals surface area contributed by atoms with Crippen LogP contribution in [0.2, 0.25) is 12.6 Å². The summed E-state index contributed by atoms with van der Waals surface area (Å²) >= 11 is 0. The van der Waals surface area contributed by atoms with Gasteiger partial charge >= 0.3 is 0 Å². The minimum absolute atomic E-state index is 0.537. The van der Waals surface area contributed by atoms with Crippen molar-refractivity contribution in [2.75, 3.05) is 6.61 Å². The average Bonchev–Trinajstić information content (AvgIpc) is 2.10. The van der Waals surface area contributed by atoms with E-state index in [1.54, 1.807) is 0 Å². The fraction of sp³-hybridized carbons (Fsp3) is 1.00. The highest BCUT2D eigenvalue weighted by Crippen LogP contribution is 2.10. The molecule has 0 heterocycles. The molecule has 72 valence electrons. The highest BCUT2D eigenvalue weighted by atomic mass is 16.4. The van der Waals surface area contributed by atoms with E-state index in [9.17, 15) is 0 Å². The van der Waals surface area contributed by atoms with E-state index < -0.39 is 0 Å². The molecule has 0 radical (unpaired) electrons. The van der Waals surface area contributed by atoms with Crippen LogP contribution in [0.4, 0.5) is 0 Å². The molecule has 0 N–H and O–H groups in total. The first-order valence-corrected chi connectivity index (χ1v) is 5.46. The molecular weight excluding hydrogens is 147 g/mol. The van der Waals surface area contributed by atoms with E-state index in [1.807, 2.05) is 0 Å². The third-order valence-electron chi connectivity index (χ3n) is 2.16. The maximum Gasteiger partial charge on any atom is 0.293 e. The second kappa shape index (κ2) is 9.12. The van der Waals surface area contributed by atoms with Gasteiger partial charge in [0, 0.05) is 6.61 Å². The van der Waals surface area contributed by atoms with Gasteiger partial charge in [-0.2, -0.15) is 0 Å². The van der Waals surface area contributed by atoms with E-state index in [-0.39, 0.29) is 0 Å². The zero-order chi connectivity index (χ0) is 9.23. The van der Waals surface area contributed by atoms with Crippen LogP contribution < -0.4 is 0 Å². The quantitative estimate of drug-likeness (QED) is 0.505. The Kier molecular flexibility index (Phi) is 9.13. The average molecular weight is 170 g/mol. The van der Waals surface area contributed by atoms with Gasteiger partial charge in [-0.05, 0) is 19.6 Å². The van der Waals surface area contributed by atoms with Gasteiger partial charge in [0.25, 0.3) is 6.92 Å². The van der Waals surface area contributed by atoms with E-state index in [4.69, 9.17) is 4.65 Å². The van der Waals surface area contributed by atoms with Crippen LogP contribution in [0.25, 0.3) is 0 Å². The zero-order valence-electron chi connectivity index (χ0n) is 8.94. The maximum absolute atomic E-state index is 5.65. The van der Waals surface area contributed by atoms with Crippen LogP contribution in [0.15, 0.2) is 0 Å². The maximum atomic E-state index is 5.65. The summed E-state index contributed by atoms with van der Waals surface area (Å²) in [5.41, 5.74) is 0. The number of unbranched alkanes of at least 4 members (excludes halogenated alkanes) is 2. The van der Waals surface area contributed by atoms with Crippen molar-refractivity contribution in [1.82, 2.24) is 0 Å². The lowest BCUT2D eigenvalue weighted by Crippen LogP contribution is -2.17. The van der Waals surface area contributed by atoms with Crippen LogP contribution in [0, 0.1) is 0 Å². The molecule has 0 unspecified atom stereocenters. The van der Waals surface area contributed by atoms with E-state index >= 15 is 0 Å². The van der Waals surface area contributed by atoms with Crippen molar-refractivity contribution in [2.45, 2.75) is 59.1 Å². The fourth-order valence-electron chi connectivity index (χ4n) is 1.41. The van der Waals surface area contributed by atoms with Crippen LogP contribution in [0.3, 0.4) is 0 Å². The van der Waals surface area contributed by atoms with Gasteiger partial charge in [0.1, 0.15) is 0 Å². The largest absolute Gasteiger partial charge is 0.436 e. The molecule has 0 amide bonds. The lowest BCUT2D eigenvalue weighted by molar-refractivity contribution is 0.339. The molecule has 0 aliphatic carbocycles. The molecule has 0 rings (SSSR count). The molecule has 0 aliphatic heterocycles. The van der Waals surface area contributed by atoms with Crippen LogP contribution in [-0.4, -0.2) is 13.5 Å². The Hall–Kier alpha value is 0.0249. The van der Waals surface area contributed by atoms with Gasteiger partial charge in [0.15, 0.2) is 0 Å². The predicted octanol–water partition coefficient (Wildman–Crippen LogP) is 3.61. The summed E-state index contributed by atoms with van der Waals surface area (Å²) in [5, 5.41) is 0. The summed E-state index contributed by atoms with van der Waals surface area (Å²) in [6, 6.07) is 0. The Bertz CT molecular complexity index is 77.9. The van der Waals surface area contributed by atoms with Gasteiger partial charge in [-0.1, -0.05) is 39.5 Å². The van der Waals surface area contributed by atoms with Crippen LogP contribution >= 0.6 is 0 Å². The number of hydrogen-bond acceptors (Lipinski definition) is 1. The van der Waals surface area contributed by atoms with Gasteiger partial charge in [0.05, 0.1) is 0 Å². The molecule has 12 heavy (non-hydrogen) atoms. The Morgan fingerprint density at radius 3 is 1.75 bits per heavy atom. The molecule has 0 aromatic carbocycles. The lowest BCUT2D eigenvalue weighted by Gasteiger charge is -2.11. The Morgan fingerprint density at radius 2 is 1.42 bits per heavy atom. The van der Waals surface area contributed by atoms with Crippen molar-refractivity contribution >= 4 is 6.92 Å². The molecule has 0 aromatic rings. The first-order chi connectivity index (χ1) is 5.85. The van der Waals surface area contributed by atoms with Crippen molar-refractivity contribution in [1.29, 1.82) is 0 Å². The Labute approximate surface area is 78.0 Å². The summed E-state index contributed by atoms with van der Waals surface area (Å²) in [6.45, 7) is 7.98. The van der Waals surface area contributed by atoms with E-state index in [0.29, 0.717) is 6.92 Å². The normalized spacial score (nSPS) is 10.2. The fourth-order valence-corrected chi connectivity index (χ4v) is 1.41. The molecule has 1 nitrogen and oxygen atoms in total. The molecule has 0 atom stereocenters. The van der Waals surface area contributed by atoms with E-state index in [0.717, 1.165) is 6.61 Å². The first-order valence-electron chi connectivity index (χ1n) is 5.46. The SMILES string of the molecule is CCCCB(CCCC)OCC. The van der Waals surface area contributed by atoms with Crippen molar-refractivity contribution in [3.63, 3.8) is 0 Å². The number of hydrogen-bond donors (Lipinski definition) is 0. The minimum atomic E-state index is 0.537. The van der Waals surface area contributed by atoms with Gasteiger partial charge in [-0.3, -0.25) is 0 Å². The predicted molar refractivity (Wildman–Crippen MR) is 56.8 cm³/mol. The van der Waals surface area contributed by atoms with Crippen molar-refractivity contribution in [2.24, 2.45) is 0 Å². The Morgan fingerprint density at radius 1 is 0.917 bits per heavy atom. The minimum Gasteiger partial charge on any atom is -0.436 e. The van der Waals surface area contributed by atoms with Crippen molar-refractivity contribution < 1.29 is 4.65 Å². The van der Waals surface area contributed by atoms with E-state index in [1.165, 1.54) is 38.3 Å². The second-order valence-electron chi connectivity index (χ2n) is 3.36. The smallest absolute Gasteiger partial charge is 0.293 e. The third-order valence-corrected chi connectivity index (χ3v) is 2.16. The highest BCUT2D eigenvalue weighted by molar-refractivity contribution is 6.51. The van der Waals surface area contributed by atoms with Gasteiger partial charge in [0.2, 0.25) is 0 Å². The van der Waals surface area contributed by atoms with Crippen LogP contribution in [0.5, 0.6) is 0 Å². The molecule has 0 aromatic heterocycles. The summed E-state index contributed by atoms with van der Waals surface area (Å²) in [6.07, 6.45) is 7.71. The number of rotatable bonds is 8. The molecule has 0 bridgehead atoms. The topological polar surface area (TPSA) is 9.23 Å². The third kappa shape index (κ3) is 6.72. The zero-order valence-corrected chi connectivity index (χ0v) is 8.94. The molecule has 0 aliphatic rings. The molecule has 0 saturated heterocycles. The molecule has 0 spiro atoms. The standard InChI is InChI=1S/C10H23BO/c1-4-7-9-11(12-6-3)10-8-5-2/h4-10H2,1-3H3. The van der Waals surface area contributed by atoms with Gasteiger partial charge in [-0.25, -0.2) is 0 Å².